The Morgan fingerprint density at radius 2 is 2.07 bits per heavy atom. The van der Waals surface area contributed by atoms with Crippen LogP contribution in [-0.4, -0.2) is 47.8 Å². The Kier molecular flexibility index (Phi) is 3.84. The molecule has 0 radical (unpaired) electrons. The van der Waals surface area contributed by atoms with Gasteiger partial charge in [-0.2, -0.15) is 0 Å². The summed E-state index contributed by atoms with van der Waals surface area (Å²) in [4.78, 5) is 38.0. The summed E-state index contributed by atoms with van der Waals surface area (Å²) in [6.45, 7) is 3.29. The first-order chi connectivity index (χ1) is 13.1. The van der Waals surface area contributed by atoms with E-state index < -0.39 is 6.04 Å². The van der Waals surface area contributed by atoms with Crippen LogP contribution in [0.5, 0.6) is 0 Å². The molecule has 0 aromatic heterocycles. The van der Waals surface area contributed by atoms with Crippen LogP contribution >= 0.6 is 0 Å². The van der Waals surface area contributed by atoms with Gasteiger partial charge >= 0.3 is 0 Å². The first-order valence-electron chi connectivity index (χ1n) is 9.76. The molecule has 1 aromatic carbocycles. The molecule has 2 saturated heterocycles. The van der Waals surface area contributed by atoms with Gasteiger partial charge in [0.25, 0.3) is 5.91 Å². The fourth-order valence-electron chi connectivity index (χ4n) is 4.73. The minimum Gasteiger partial charge on any atom is -0.322 e. The Hall–Kier alpha value is -2.25. The highest BCUT2D eigenvalue weighted by atomic mass is 16.2. The van der Waals surface area contributed by atoms with E-state index in [-0.39, 0.29) is 24.1 Å². The lowest BCUT2D eigenvalue weighted by Gasteiger charge is -2.29. The molecular weight excluding hydrogens is 344 g/mol. The molecule has 142 valence electrons. The normalized spacial score (nSPS) is 28.6. The number of amides is 3. The monoisotopic (exact) mass is 368 g/mol. The van der Waals surface area contributed by atoms with Gasteiger partial charge in [-0.25, -0.2) is 0 Å². The van der Waals surface area contributed by atoms with Gasteiger partial charge in [-0.05, 0) is 41.9 Å². The first-order valence-corrected chi connectivity index (χ1v) is 9.76. The summed E-state index contributed by atoms with van der Waals surface area (Å²) >= 11 is 0. The summed E-state index contributed by atoms with van der Waals surface area (Å²) in [6.07, 6.45) is 3.26. The van der Waals surface area contributed by atoms with Crippen LogP contribution in [0.2, 0.25) is 0 Å². The Bertz CT molecular complexity index is 833. The molecule has 3 amide bonds. The van der Waals surface area contributed by atoms with Gasteiger partial charge in [0.05, 0.1) is 0 Å². The van der Waals surface area contributed by atoms with Gasteiger partial charge in [0.15, 0.2) is 0 Å². The molecule has 5 rings (SSSR count). The summed E-state index contributed by atoms with van der Waals surface area (Å²) in [5, 5.41) is 9.47. The smallest absolute Gasteiger partial charge is 0.255 e. The Morgan fingerprint density at radius 1 is 1.22 bits per heavy atom. The molecule has 0 bridgehead atoms. The molecule has 3 heterocycles. The third-order valence-electron chi connectivity index (χ3n) is 6.60. The second kappa shape index (κ2) is 6.14. The number of nitrogens with one attached hydrogen (secondary N) is 3. The number of hydrogen-bond donors (Lipinski definition) is 3. The highest BCUT2D eigenvalue weighted by Gasteiger charge is 2.51. The number of carbonyl (C=O) groups excluding carboxylic acids is 3. The number of nitrogens with zero attached hydrogens (tertiary/aromatic N) is 1. The van der Waals surface area contributed by atoms with E-state index in [2.05, 4.69) is 22.0 Å². The maximum Gasteiger partial charge on any atom is 0.255 e. The van der Waals surface area contributed by atoms with Crippen molar-refractivity contribution in [2.75, 3.05) is 13.1 Å². The molecule has 3 aliphatic heterocycles. The summed E-state index contributed by atoms with van der Waals surface area (Å²) in [6, 6.07) is 5.97. The van der Waals surface area contributed by atoms with E-state index in [0.29, 0.717) is 30.0 Å². The lowest BCUT2D eigenvalue weighted by atomic mass is 10.00. The molecule has 4 aliphatic rings. The average Bonchev–Trinajstić information content (AvgIpc) is 3.21. The van der Waals surface area contributed by atoms with Crippen LogP contribution in [0.15, 0.2) is 18.2 Å². The summed E-state index contributed by atoms with van der Waals surface area (Å²) in [7, 11) is 0. The van der Waals surface area contributed by atoms with Gasteiger partial charge in [-0.1, -0.05) is 12.1 Å². The van der Waals surface area contributed by atoms with Gasteiger partial charge in [0, 0.05) is 44.2 Å². The number of imide groups is 1. The first kappa shape index (κ1) is 16.9. The lowest BCUT2D eigenvalue weighted by Crippen LogP contribution is -2.52. The van der Waals surface area contributed by atoms with E-state index in [0.717, 1.165) is 30.8 Å². The molecule has 27 heavy (non-hydrogen) atoms. The van der Waals surface area contributed by atoms with Gasteiger partial charge < -0.3 is 15.5 Å². The zero-order chi connectivity index (χ0) is 18.6. The highest BCUT2D eigenvalue weighted by molar-refractivity contribution is 6.05. The Labute approximate surface area is 157 Å². The van der Waals surface area contributed by atoms with Crippen molar-refractivity contribution in [2.45, 2.75) is 50.9 Å². The van der Waals surface area contributed by atoms with Crippen LogP contribution in [0.4, 0.5) is 0 Å². The van der Waals surface area contributed by atoms with Crippen LogP contribution in [0.25, 0.3) is 0 Å². The van der Waals surface area contributed by atoms with Gasteiger partial charge in [-0.3, -0.25) is 19.7 Å². The third kappa shape index (κ3) is 2.85. The summed E-state index contributed by atoms with van der Waals surface area (Å²) < 4.78 is 0. The van der Waals surface area contributed by atoms with E-state index in [1.807, 2.05) is 12.1 Å². The molecule has 1 spiro atoms. The molecule has 7 heteroatoms. The van der Waals surface area contributed by atoms with Crippen molar-refractivity contribution in [1.29, 1.82) is 0 Å². The molecular formula is C20H24N4O3. The standard InChI is InChI=1S/C20H24N4O3/c25-17-4-3-15(18(26)23-17)24-10-13-2-1-12(7-14(13)19(24)27)8-22-16-9-21-11-20(16)5-6-20/h1-2,7,15-16,21-22H,3-6,8-11H2,(H,23,25,26). The van der Waals surface area contributed by atoms with Crippen LogP contribution in [0, 0.1) is 5.41 Å². The predicted molar refractivity (Wildman–Crippen MR) is 97.7 cm³/mol. The SMILES string of the molecule is O=C1CCC(N2Cc3ccc(CNC4CNCC45CC5)cc3C2=O)C(=O)N1. The summed E-state index contributed by atoms with van der Waals surface area (Å²) in [5.74, 6) is -0.732. The van der Waals surface area contributed by atoms with Crippen molar-refractivity contribution >= 4 is 17.7 Å². The topological polar surface area (TPSA) is 90.5 Å². The van der Waals surface area contributed by atoms with Crippen LogP contribution in [-0.2, 0) is 22.7 Å². The van der Waals surface area contributed by atoms with Crippen molar-refractivity contribution in [3.63, 3.8) is 0 Å². The second-order valence-electron chi connectivity index (χ2n) is 8.32. The summed E-state index contributed by atoms with van der Waals surface area (Å²) in [5.41, 5.74) is 3.18. The molecule has 1 saturated carbocycles. The largest absolute Gasteiger partial charge is 0.322 e. The van der Waals surface area contributed by atoms with E-state index in [1.54, 1.807) is 4.90 Å². The molecule has 1 aromatic rings. The van der Waals surface area contributed by atoms with E-state index in [4.69, 9.17) is 0 Å². The fraction of sp³-hybridized carbons (Fsp3) is 0.550. The van der Waals surface area contributed by atoms with E-state index in [9.17, 15) is 14.4 Å². The number of hydrogen-bond acceptors (Lipinski definition) is 5. The zero-order valence-corrected chi connectivity index (χ0v) is 15.2. The minimum atomic E-state index is -0.552. The maximum absolute atomic E-state index is 12.9. The molecule has 3 N–H and O–H groups in total. The lowest BCUT2D eigenvalue weighted by molar-refractivity contribution is -0.136. The number of piperidine rings is 1. The van der Waals surface area contributed by atoms with Crippen LogP contribution in [0.3, 0.4) is 0 Å². The third-order valence-corrected chi connectivity index (χ3v) is 6.60. The molecule has 1 aliphatic carbocycles. The average molecular weight is 368 g/mol. The maximum atomic E-state index is 12.9. The minimum absolute atomic E-state index is 0.109. The van der Waals surface area contributed by atoms with E-state index >= 15 is 0 Å². The number of carbonyl (C=O) groups is 3. The van der Waals surface area contributed by atoms with E-state index in [1.165, 1.54) is 12.8 Å². The number of fused-ring (bicyclic) bond motifs is 1. The van der Waals surface area contributed by atoms with Crippen molar-refractivity contribution in [3.8, 4) is 0 Å². The molecule has 2 unspecified atom stereocenters. The number of rotatable bonds is 4. The van der Waals surface area contributed by atoms with Crippen molar-refractivity contribution < 1.29 is 14.4 Å². The van der Waals surface area contributed by atoms with Crippen molar-refractivity contribution in [3.05, 3.63) is 34.9 Å². The van der Waals surface area contributed by atoms with Crippen LogP contribution in [0.1, 0.15) is 47.2 Å². The predicted octanol–water partition coefficient (Wildman–Crippen LogP) is 0.289. The number of benzene rings is 1. The van der Waals surface area contributed by atoms with Gasteiger partial charge in [0.1, 0.15) is 6.04 Å². The zero-order valence-electron chi connectivity index (χ0n) is 15.2. The van der Waals surface area contributed by atoms with Crippen LogP contribution < -0.4 is 16.0 Å². The highest BCUT2D eigenvalue weighted by Crippen LogP contribution is 2.50. The molecule has 7 nitrogen and oxygen atoms in total. The van der Waals surface area contributed by atoms with Gasteiger partial charge in [0.2, 0.25) is 11.8 Å². The quantitative estimate of drug-likeness (QED) is 0.665. The Balaban J connectivity index is 1.28. The Morgan fingerprint density at radius 3 is 2.85 bits per heavy atom. The van der Waals surface area contributed by atoms with Gasteiger partial charge in [-0.15, -0.1) is 0 Å². The molecule has 3 fully saturated rings. The van der Waals surface area contributed by atoms with Crippen molar-refractivity contribution in [1.82, 2.24) is 20.9 Å². The fourth-order valence-corrected chi connectivity index (χ4v) is 4.73. The molecule has 2 atom stereocenters. The second-order valence-corrected chi connectivity index (χ2v) is 8.32. The van der Waals surface area contributed by atoms with Crippen molar-refractivity contribution in [2.24, 2.45) is 5.41 Å².